The highest BCUT2D eigenvalue weighted by Crippen LogP contribution is 2.31. The molecule has 0 aromatic heterocycles. The van der Waals surface area contributed by atoms with Crippen molar-refractivity contribution in [2.45, 2.75) is 39.3 Å². The van der Waals surface area contributed by atoms with E-state index in [9.17, 15) is 0 Å². The lowest BCUT2D eigenvalue weighted by Gasteiger charge is -2.41. The van der Waals surface area contributed by atoms with Gasteiger partial charge >= 0.3 is 0 Å². The Labute approximate surface area is 122 Å². The Balaban J connectivity index is 1.69. The van der Waals surface area contributed by atoms with Crippen molar-refractivity contribution < 1.29 is 4.74 Å². The van der Waals surface area contributed by atoms with E-state index in [4.69, 9.17) is 4.74 Å². The molecule has 1 aromatic carbocycles. The average molecular weight is 274 g/mol. The molecule has 1 aromatic rings. The minimum Gasteiger partial charge on any atom is -0.492 e. The molecule has 1 N–H and O–H groups in total. The van der Waals surface area contributed by atoms with Crippen LogP contribution in [0.5, 0.6) is 5.75 Å². The summed E-state index contributed by atoms with van der Waals surface area (Å²) in [6, 6.07) is 9.02. The van der Waals surface area contributed by atoms with Crippen molar-refractivity contribution in [1.82, 2.24) is 10.2 Å². The molecule has 0 radical (unpaired) electrons. The first-order valence-electron chi connectivity index (χ1n) is 7.82. The van der Waals surface area contributed by atoms with Crippen molar-refractivity contribution in [2.75, 3.05) is 26.2 Å². The molecule has 0 aliphatic carbocycles. The Morgan fingerprint density at radius 3 is 3.05 bits per heavy atom. The SMILES string of the molecule is CC1(C)CCCNC1CN1CCOc2ccccc2C1. The van der Waals surface area contributed by atoms with Crippen LogP contribution in [-0.2, 0) is 6.54 Å². The Bertz CT molecular complexity index is 458. The monoisotopic (exact) mass is 274 g/mol. The quantitative estimate of drug-likeness (QED) is 0.897. The van der Waals surface area contributed by atoms with E-state index in [0.29, 0.717) is 11.5 Å². The van der Waals surface area contributed by atoms with Gasteiger partial charge in [-0.15, -0.1) is 0 Å². The van der Waals surface area contributed by atoms with Crippen LogP contribution in [0.25, 0.3) is 0 Å². The number of nitrogens with one attached hydrogen (secondary N) is 1. The fraction of sp³-hybridized carbons (Fsp3) is 0.647. The summed E-state index contributed by atoms with van der Waals surface area (Å²) in [5.74, 6) is 1.06. The second kappa shape index (κ2) is 5.74. The number of piperidine rings is 1. The van der Waals surface area contributed by atoms with Crippen LogP contribution >= 0.6 is 0 Å². The molecule has 2 aliphatic heterocycles. The summed E-state index contributed by atoms with van der Waals surface area (Å²) >= 11 is 0. The van der Waals surface area contributed by atoms with Gasteiger partial charge in [-0.1, -0.05) is 32.0 Å². The van der Waals surface area contributed by atoms with Crippen LogP contribution in [0.15, 0.2) is 24.3 Å². The first-order valence-corrected chi connectivity index (χ1v) is 7.82. The zero-order chi connectivity index (χ0) is 14.0. The normalized spacial score (nSPS) is 26.4. The van der Waals surface area contributed by atoms with Gasteiger partial charge in [0, 0.05) is 31.2 Å². The van der Waals surface area contributed by atoms with E-state index in [1.165, 1.54) is 18.4 Å². The number of fused-ring (bicyclic) bond motifs is 1. The molecule has 0 saturated carbocycles. The maximum Gasteiger partial charge on any atom is 0.123 e. The topological polar surface area (TPSA) is 24.5 Å². The van der Waals surface area contributed by atoms with Gasteiger partial charge in [0.1, 0.15) is 12.4 Å². The minimum atomic E-state index is 0.394. The molecule has 0 amide bonds. The fourth-order valence-corrected chi connectivity index (χ4v) is 3.38. The van der Waals surface area contributed by atoms with Gasteiger partial charge < -0.3 is 10.1 Å². The van der Waals surface area contributed by atoms with Crippen LogP contribution in [-0.4, -0.2) is 37.2 Å². The van der Waals surface area contributed by atoms with E-state index in [1.54, 1.807) is 0 Å². The lowest BCUT2D eigenvalue weighted by molar-refractivity contribution is 0.118. The van der Waals surface area contributed by atoms with Crippen LogP contribution in [0, 0.1) is 5.41 Å². The summed E-state index contributed by atoms with van der Waals surface area (Å²) in [5.41, 5.74) is 1.71. The molecular weight excluding hydrogens is 248 g/mol. The van der Waals surface area contributed by atoms with Crippen LogP contribution in [0.4, 0.5) is 0 Å². The highest BCUT2D eigenvalue weighted by Gasteiger charge is 2.33. The van der Waals surface area contributed by atoms with Crippen LogP contribution < -0.4 is 10.1 Å². The molecule has 1 saturated heterocycles. The molecule has 3 heteroatoms. The summed E-state index contributed by atoms with van der Waals surface area (Å²) in [6.45, 7) is 9.88. The summed E-state index contributed by atoms with van der Waals surface area (Å²) in [4.78, 5) is 2.54. The number of hydrogen-bond acceptors (Lipinski definition) is 3. The first kappa shape index (κ1) is 13.9. The highest BCUT2D eigenvalue weighted by molar-refractivity contribution is 5.33. The number of para-hydroxylation sites is 1. The van der Waals surface area contributed by atoms with Crippen molar-refractivity contribution in [1.29, 1.82) is 0 Å². The smallest absolute Gasteiger partial charge is 0.123 e. The maximum absolute atomic E-state index is 5.86. The molecule has 2 heterocycles. The average Bonchev–Trinajstić information content (AvgIpc) is 2.62. The highest BCUT2D eigenvalue weighted by atomic mass is 16.5. The van der Waals surface area contributed by atoms with Gasteiger partial charge in [-0.05, 0) is 30.9 Å². The number of hydrogen-bond donors (Lipinski definition) is 1. The van der Waals surface area contributed by atoms with E-state index in [2.05, 4.69) is 48.3 Å². The van der Waals surface area contributed by atoms with E-state index >= 15 is 0 Å². The summed E-state index contributed by atoms with van der Waals surface area (Å²) < 4.78 is 5.86. The number of ether oxygens (including phenoxy) is 1. The van der Waals surface area contributed by atoms with Crippen molar-refractivity contribution in [2.24, 2.45) is 5.41 Å². The predicted octanol–water partition coefficient (Wildman–Crippen LogP) is 2.66. The molecule has 20 heavy (non-hydrogen) atoms. The Hall–Kier alpha value is -1.06. The largest absolute Gasteiger partial charge is 0.492 e. The predicted molar refractivity (Wildman–Crippen MR) is 82.0 cm³/mol. The van der Waals surface area contributed by atoms with Gasteiger partial charge in [-0.3, -0.25) is 4.90 Å². The van der Waals surface area contributed by atoms with E-state index < -0.39 is 0 Å². The lowest BCUT2D eigenvalue weighted by atomic mass is 9.77. The standard InChI is InChI=1S/C17H26N2O/c1-17(2)8-5-9-18-16(17)13-19-10-11-20-15-7-4-3-6-14(15)12-19/h3-4,6-7,16,18H,5,8-13H2,1-2H3. The van der Waals surface area contributed by atoms with E-state index in [-0.39, 0.29) is 0 Å². The van der Waals surface area contributed by atoms with Gasteiger partial charge in [-0.25, -0.2) is 0 Å². The van der Waals surface area contributed by atoms with Crippen LogP contribution in [0.2, 0.25) is 0 Å². The van der Waals surface area contributed by atoms with Crippen molar-refractivity contribution in [3.8, 4) is 5.75 Å². The molecule has 1 unspecified atom stereocenters. The van der Waals surface area contributed by atoms with Crippen molar-refractivity contribution in [3.05, 3.63) is 29.8 Å². The molecule has 2 aliphatic rings. The molecule has 0 bridgehead atoms. The molecule has 110 valence electrons. The number of rotatable bonds is 2. The second-order valence-electron chi connectivity index (χ2n) is 6.79. The summed E-state index contributed by atoms with van der Waals surface area (Å²) in [5, 5.41) is 3.72. The van der Waals surface area contributed by atoms with Gasteiger partial charge in [0.25, 0.3) is 0 Å². The Kier molecular flexibility index (Phi) is 3.99. The third-order valence-corrected chi connectivity index (χ3v) is 4.80. The second-order valence-corrected chi connectivity index (χ2v) is 6.79. The molecule has 0 spiro atoms. The molecule has 1 fully saturated rings. The van der Waals surface area contributed by atoms with Crippen LogP contribution in [0.1, 0.15) is 32.3 Å². The van der Waals surface area contributed by atoms with E-state index in [1.807, 2.05) is 0 Å². The van der Waals surface area contributed by atoms with Gasteiger partial charge in [-0.2, -0.15) is 0 Å². The summed E-state index contributed by atoms with van der Waals surface area (Å²) in [6.07, 6.45) is 2.63. The van der Waals surface area contributed by atoms with Crippen LogP contribution in [0.3, 0.4) is 0 Å². The van der Waals surface area contributed by atoms with Crippen molar-refractivity contribution >= 4 is 0 Å². The first-order chi connectivity index (χ1) is 9.65. The van der Waals surface area contributed by atoms with Gasteiger partial charge in [0.15, 0.2) is 0 Å². The number of benzene rings is 1. The maximum atomic E-state index is 5.86. The fourth-order valence-electron chi connectivity index (χ4n) is 3.38. The third-order valence-electron chi connectivity index (χ3n) is 4.80. The van der Waals surface area contributed by atoms with Gasteiger partial charge in [0.2, 0.25) is 0 Å². The third kappa shape index (κ3) is 2.99. The lowest BCUT2D eigenvalue weighted by Crippen LogP contribution is -2.53. The molecule has 1 atom stereocenters. The zero-order valence-electron chi connectivity index (χ0n) is 12.7. The number of nitrogens with zero attached hydrogens (tertiary/aromatic N) is 1. The molecule has 3 nitrogen and oxygen atoms in total. The Morgan fingerprint density at radius 2 is 2.20 bits per heavy atom. The summed E-state index contributed by atoms with van der Waals surface area (Å²) in [7, 11) is 0. The molecular formula is C17H26N2O. The van der Waals surface area contributed by atoms with E-state index in [0.717, 1.165) is 38.5 Å². The van der Waals surface area contributed by atoms with Crippen molar-refractivity contribution in [3.63, 3.8) is 0 Å². The van der Waals surface area contributed by atoms with Gasteiger partial charge in [0.05, 0.1) is 0 Å². The Morgan fingerprint density at radius 1 is 1.35 bits per heavy atom. The molecule has 3 rings (SSSR count). The zero-order valence-corrected chi connectivity index (χ0v) is 12.7. The minimum absolute atomic E-state index is 0.394.